The first-order chi connectivity index (χ1) is 12.1. The number of aromatic nitrogens is 1. The van der Waals surface area contributed by atoms with E-state index in [4.69, 9.17) is 0 Å². The molecule has 1 aromatic heterocycles. The van der Waals surface area contributed by atoms with Crippen molar-refractivity contribution < 1.29 is 13.5 Å². The summed E-state index contributed by atoms with van der Waals surface area (Å²) < 4.78 is 31.5. The van der Waals surface area contributed by atoms with Gasteiger partial charge >= 0.3 is 6.61 Å². The molecule has 0 aliphatic heterocycles. The molecule has 2 aromatic carbocycles. The van der Waals surface area contributed by atoms with Gasteiger partial charge in [-0.25, -0.2) is 0 Å². The molecule has 0 saturated heterocycles. The Kier molecular flexibility index (Phi) is 4.57. The van der Waals surface area contributed by atoms with Crippen molar-refractivity contribution in [3.05, 3.63) is 48.0 Å². The van der Waals surface area contributed by atoms with Crippen LogP contribution in [0.25, 0.3) is 22.2 Å². The highest BCUT2D eigenvalue weighted by molar-refractivity contribution is 5.95. The Bertz CT molecular complexity index is 940. The van der Waals surface area contributed by atoms with Crippen LogP contribution in [0.3, 0.4) is 0 Å². The molecule has 0 atom stereocenters. The quantitative estimate of drug-likeness (QED) is 0.722. The first-order valence-corrected chi connectivity index (χ1v) is 7.88. The zero-order valence-corrected chi connectivity index (χ0v) is 13.9. The van der Waals surface area contributed by atoms with Crippen LogP contribution >= 0.6 is 0 Å². The molecule has 0 spiro atoms. The van der Waals surface area contributed by atoms with Crippen molar-refractivity contribution in [3.63, 3.8) is 0 Å². The van der Waals surface area contributed by atoms with Gasteiger partial charge in [-0.05, 0) is 36.8 Å². The maximum Gasteiger partial charge on any atom is 0.387 e. The molecule has 0 saturated carbocycles. The van der Waals surface area contributed by atoms with E-state index in [0.29, 0.717) is 17.6 Å². The van der Waals surface area contributed by atoms with E-state index < -0.39 is 6.61 Å². The first-order valence-electron chi connectivity index (χ1n) is 7.88. The number of hydrogen-bond donors (Lipinski definition) is 1. The smallest absolute Gasteiger partial charge is 0.387 e. The highest BCUT2D eigenvalue weighted by Gasteiger charge is 2.19. The number of alkyl halides is 2. The number of nitrogens with zero attached hydrogens (tertiary/aromatic N) is 2. The van der Waals surface area contributed by atoms with Crippen molar-refractivity contribution in [2.45, 2.75) is 20.1 Å². The fourth-order valence-electron chi connectivity index (χ4n) is 3.04. The van der Waals surface area contributed by atoms with Crippen molar-refractivity contribution in [3.8, 4) is 23.1 Å². The molecule has 0 aliphatic rings. The number of nitriles is 1. The Morgan fingerprint density at radius 2 is 1.92 bits per heavy atom. The SMILES string of the molecule is CCn1c(-c2ccc(NC)cc2)c(C#N)c2ccc(OC(F)F)cc21. The number of hydrogen-bond acceptors (Lipinski definition) is 3. The molecule has 0 bridgehead atoms. The van der Waals surface area contributed by atoms with Gasteiger partial charge in [0.25, 0.3) is 0 Å². The van der Waals surface area contributed by atoms with E-state index in [-0.39, 0.29) is 5.75 Å². The van der Waals surface area contributed by atoms with Gasteiger partial charge in [0.05, 0.1) is 16.8 Å². The monoisotopic (exact) mass is 341 g/mol. The fraction of sp³-hybridized carbons (Fsp3) is 0.211. The minimum Gasteiger partial charge on any atom is -0.435 e. The highest BCUT2D eigenvalue weighted by atomic mass is 19.3. The standard InChI is InChI=1S/C19H17F2N3O/c1-3-24-17-10-14(25-19(20)21)8-9-15(17)16(11-22)18(24)12-4-6-13(23-2)7-5-12/h4-10,19,23H,3H2,1-2H3. The molecule has 0 radical (unpaired) electrons. The second kappa shape index (κ2) is 6.81. The van der Waals surface area contributed by atoms with E-state index in [1.807, 2.05) is 42.8 Å². The lowest BCUT2D eigenvalue weighted by Crippen LogP contribution is -2.02. The molecule has 0 amide bonds. The van der Waals surface area contributed by atoms with Gasteiger partial charge in [0.1, 0.15) is 11.8 Å². The van der Waals surface area contributed by atoms with Gasteiger partial charge in [-0.3, -0.25) is 0 Å². The molecule has 25 heavy (non-hydrogen) atoms. The third kappa shape index (κ3) is 3.01. The van der Waals surface area contributed by atoms with Crippen molar-refractivity contribution in [2.75, 3.05) is 12.4 Å². The highest BCUT2D eigenvalue weighted by Crippen LogP contribution is 2.35. The van der Waals surface area contributed by atoms with E-state index in [0.717, 1.165) is 22.3 Å². The van der Waals surface area contributed by atoms with Crippen molar-refractivity contribution >= 4 is 16.6 Å². The number of halogens is 2. The van der Waals surface area contributed by atoms with Crippen LogP contribution < -0.4 is 10.1 Å². The summed E-state index contributed by atoms with van der Waals surface area (Å²) >= 11 is 0. The molecule has 0 aliphatic carbocycles. The molecular weight excluding hydrogens is 324 g/mol. The first kappa shape index (κ1) is 16.8. The van der Waals surface area contributed by atoms with Gasteiger partial charge in [-0.15, -0.1) is 0 Å². The second-order valence-electron chi connectivity index (χ2n) is 5.46. The molecule has 1 N–H and O–H groups in total. The summed E-state index contributed by atoms with van der Waals surface area (Å²) in [5.41, 5.74) is 3.86. The Labute approximate surface area is 144 Å². The second-order valence-corrected chi connectivity index (χ2v) is 5.46. The third-order valence-corrected chi connectivity index (χ3v) is 4.14. The predicted octanol–water partition coefficient (Wildman–Crippen LogP) is 4.84. The van der Waals surface area contributed by atoms with E-state index >= 15 is 0 Å². The molecule has 0 fully saturated rings. The summed E-state index contributed by atoms with van der Waals surface area (Å²) in [5, 5.41) is 13.5. The topological polar surface area (TPSA) is 50.0 Å². The van der Waals surface area contributed by atoms with Crippen molar-refractivity contribution in [1.29, 1.82) is 5.26 Å². The lowest BCUT2D eigenvalue weighted by molar-refractivity contribution is -0.0497. The largest absolute Gasteiger partial charge is 0.435 e. The minimum atomic E-state index is -2.88. The molecule has 3 aromatic rings. The summed E-state index contributed by atoms with van der Waals surface area (Å²) in [7, 11) is 1.84. The fourth-order valence-corrected chi connectivity index (χ4v) is 3.04. The van der Waals surface area contributed by atoms with Crippen LogP contribution in [0.4, 0.5) is 14.5 Å². The van der Waals surface area contributed by atoms with Crippen LogP contribution in [0, 0.1) is 11.3 Å². The molecule has 6 heteroatoms. The van der Waals surface area contributed by atoms with Gasteiger partial charge in [-0.2, -0.15) is 14.0 Å². The molecule has 3 rings (SSSR count). The minimum absolute atomic E-state index is 0.0799. The van der Waals surface area contributed by atoms with Crippen LogP contribution in [0.2, 0.25) is 0 Å². The molecule has 0 unspecified atom stereocenters. The Morgan fingerprint density at radius 1 is 1.20 bits per heavy atom. The Balaban J connectivity index is 2.24. The summed E-state index contributed by atoms with van der Waals surface area (Å²) in [4.78, 5) is 0. The normalized spacial score (nSPS) is 10.9. The number of aryl methyl sites for hydroxylation is 1. The molecule has 4 nitrogen and oxygen atoms in total. The maximum atomic E-state index is 12.5. The lowest BCUT2D eigenvalue weighted by atomic mass is 10.1. The van der Waals surface area contributed by atoms with Gasteiger partial charge < -0.3 is 14.6 Å². The van der Waals surface area contributed by atoms with Gasteiger partial charge in [0.15, 0.2) is 0 Å². The van der Waals surface area contributed by atoms with Gasteiger partial charge in [0, 0.05) is 30.7 Å². The number of benzene rings is 2. The number of rotatable bonds is 5. The summed E-state index contributed by atoms with van der Waals surface area (Å²) in [6.07, 6.45) is 0. The Morgan fingerprint density at radius 3 is 2.48 bits per heavy atom. The summed E-state index contributed by atoms with van der Waals surface area (Å²) in [6.45, 7) is -0.335. The molecular formula is C19H17F2N3O. The Hall–Kier alpha value is -3.07. The van der Waals surface area contributed by atoms with Crippen LogP contribution in [0.5, 0.6) is 5.75 Å². The predicted molar refractivity (Wildman–Crippen MR) is 93.9 cm³/mol. The van der Waals surface area contributed by atoms with E-state index in [2.05, 4.69) is 16.1 Å². The zero-order valence-electron chi connectivity index (χ0n) is 13.9. The van der Waals surface area contributed by atoms with E-state index in [9.17, 15) is 14.0 Å². The van der Waals surface area contributed by atoms with Crippen LogP contribution in [0.15, 0.2) is 42.5 Å². The third-order valence-electron chi connectivity index (χ3n) is 4.14. The van der Waals surface area contributed by atoms with Gasteiger partial charge in [-0.1, -0.05) is 12.1 Å². The number of nitrogens with one attached hydrogen (secondary N) is 1. The molecule has 1 heterocycles. The molecule has 128 valence electrons. The van der Waals surface area contributed by atoms with Crippen molar-refractivity contribution in [1.82, 2.24) is 4.57 Å². The number of ether oxygens (including phenoxy) is 1. The van der Waals surface area contributed by atoms with Gasteiger partial charge in [0.2, 0.25) is 0 Å². The number of fused-ring (bicyclic) bond motifs is 1. The summed E-state index contributed by atoms with van der Waals surface area (Å²) in [6, 6.07) is 14.7. The van der Waals surface area contributed by atoms with E-state index in [1.165, 1.54) is 6.07 Å². The maximum absolute atomic E-state index is 12.5. The van der Waals surface area contributed by atoms with Crippen LogP contribution in [0.1, 0.15) is 12.5 Å². The summed E-state index contributed by atoms with van der Waals surface area (Å²) in [5.74, 6) is 0.0799. The van der Waals surface area contributed by atoms with Crippen LogP contribution in [-0.4, -0.2) is 18.2 Å². The van der Waals surface area contributed by atoms with E-state index in [1.54, 1.807) is 12.1 Å². The average Bonchev–Trinajstić information content (AvgIpc) is 2.93. The van der Waals surface area contributed by atoms with Crippen molar-refractivity contribution in [2.24, 2.45) is 0 Å². The lowest BCUT2D eigenvalue weighted by Gasteiger charge is -2.10. The zero-order chi connectivity index (χ0) is 18.0. The average molecular weight is 341 g/mol. The number of anilines is 1. The van der Waals surface area contributed by atoms with Crippen LogP contribution in [-0.2, 0) is 6.54 Å².